The molecule has 0 bridgehead atoms. The highest BCUT2D eigenvalue weighted by molar-refractivity contribution is 14.0. The summed E-state index contributed by atoms with van der Waals surface area (Å²) in [6.07, 6.45) is 1.54. The van der Waals surface area contributed by atoms with Gasteiger partial charge in [0.25, 0.3) is 0 Å². The molecule has 1 aromatic carbocycles. The summed E-state index contributed by atoms with van der Waals surface area (Å²) in [4.78, 5) is 20.7. The number of hydrogen-bond donors (Lipinski definition) is 2. The van der Waals surface area contributed by atoms with E-state index in [9.17, 15) is 18.0 Å². The van der Waals surface area contributed by atoms with Crippen molar-refractivity contribution in [2.45, 2.75) is 13.5 Å². The van der Waals surface area contributed by atoms with Crippen LogP contribution in [-0.4, -0.2) is 66.1 Å². The molecule has 8 nitrogen and oxygen atoms in total. The van der Waals surface area contributed by atoms with Crippen molar-refractivity contribution in [3.05, 3.63) is 47.6 Å². The van der Waals surface area contributed by atoms with Crippen molar-refractivity contribution >= 4 is 41.5 Å². The van der Waals surface area contributed by atoms with Crippen LogP contribution in [0.5, 0.6) is 0 Å². The summed E-state index contributed by atoms with van der Waals surface area (Å²) in [5.41, 5.74) is 0.436. The minimum Gasteiger partial charge on any atom is -0.364 e. The molecule has 1 fully saturated rings. The first-order valence-electron chi connectivity index (χ1n) is 9.56. The maximum absolute atomic E-state index is 13.7. The summed E-state index contributed by atoms with van der Waals surface area (Å²) in [7, 11) is 0. The molecule has 1 aliphatic rings. The quantitative estimate of drug-likeness (QED) is 0.248. The van der Waals surface area contributed by atoms with Crippen LogP contribution in [0.15, 0.2) is 34.0 Å². The Bertz CT molecular complexity index is 889. The van der Waals surface area contributed by atoms with Crippen molar-refractivity contribution in [1.82, 2.24) is 20.3 Å². The molecular formula is C19H24F3IN6O2. The number of aromatic nitrogens is 1. The molecule has 2 N–H and O–H groups in total. The zero-order valence-electron chi connectivity index (χ0n) is 16.9. The van der Waals surface area contributed by atoms with Crippen molar-refractivity contribution in [1.29, 1.82) is 0 Å². The Kier molecular flexibility index (Phi) is 9.55. The molecular weight excluding hydrogens is 528 g/mol. The van der Waals surface area contributed by atoms with Crippen molar-refractivity contribution in [3.8, 4) is 0 Å². The lowest BCUT2D eigenvalue weighted by atomic mass is 10.2. The molecule has 0 saturated carbocycles. The van der Waals surface area contributed by atoms with Crippen LogP contribution in [-0.2, 0) is 11.3 Å². The van der Waals surface area contributed by atoms with E-state index in [2.05, 4.69) is 25.7 Å². The number of carbonyl (C=O) groups is 1. The number of benzene rings is 1. The maximum atomic E-state index is 13.7. The van der Waals surface area contributed by atoms with Gasteiger partial charge in [-0.3, -0.25) is 9.69 Å². The Balaban J connectivity index is 0.00000341. The van der Waals surface area contributed by atoms with Gasteiger partial charge in [0.15, 0.2) is 23.4 Å². The average Bonchev–Trinajstić information content (AvgIpc) is 3.25. The van der Waals surface area contributed by atoms with Gasteiger partial charge in [0.2, 0.25) is 5.91 Å². The number of halogens is 4. The fourth-order valence-electron chi connectivity index (χ4n) is 3.05. The van der Waals surface area contributed by atoms with E-state index >= 15 is 0 Å². The summed E-state index contributed by atoms with van der Waals surface area (Å²) in [5.74, 6) is -4.48. The monoisotopic (exact) mass is 552 g/mol. The summed E-state index contributed by atoms with van der Waals surface area (Å²) in [5, 5.41) is 9.25. The van der Waals surface area contributed by atoms with Gasteiger partial charge in [-0.15, -0.1) is 24.0 Å². The largest absolute Gasteiger partial charge is 0.364 e. The topological polar surface area (TPSA) is 86.0 Å². The molecule has 0 aliphatic carbocycles. The smallest absolute Gasteiger partial charge is 0.246 e. The van der Waals surface area contributed by atoms with Crippen LogP contribution in [0.4, 0.5) is 18.9 Å². The summed E-state index contributed by atoms with van der Waals surface area (Å²) >= 11 is 0. The molecule has 2 heterocycles. The highest BCUT2D eigenvalue weighted by atomic mass is 127. The molecule has 12 heteroatoms. The molecule has 31 heavy (non-hydrogen) atoms. The van der Waals surface area contributed by atoms with Crippen LogP contribution in [0.25, 0.3) is 0 Å². The van der Waals surface area contributed by atoms with Crippen LogP contribution in [0, 0.1) is 17.5 Å². The van der Waals surface area contributed by atoms with Gasteiger partial charge in [-0.1, -0.05) is 5.16 Å². The van der Waals surface area contributed by atoms with Crippen molar-refractivity contribution in [2.24, 2.45) is 4.99 Å². The van der Waals surface area contributed by atoms with Crippen molar-refractivity contribution in [2.75, 3.05) is 44.6 Å². The third-order valence-corrected chi connectivity index (χ3v) is 4.57. The zero-order valence-corrected chi connectivity index (χ0v) is 19.2. The normalized spacial score (nSPS) is 14.8. The van der Waals surface area contributed by atoms with Gasteiger partial charge in [0.1, 0.15) is 12.8 Å². The van der Waals surface area contributed by atoms with Gasteiger partial charge in [0.05, 0.1) is 11.4 Å². The van der Waals surface area contributed by atoms with E-state index in [1.165, 1.54) is 0 Å². The number of rotatable bonds is 6. The van der Waals surface area contributed by atoms with Crippen LogP contribution in [0.2, 0.25) is 0 Å². The summed E-state index contributed by atoms with van der Waals surface area (Å²) in [6, 6.07) is 3.54. The Morgan fingerprint density at radius 2 is 1.90 bits per heavy atom. The third-order valence-electron chi connectivity index (χ3n) is 4.57. The number of nitrogens with one attached hydrogen (secondary N) is 2. The molecule has 170 valence electrons. The SMILES string of the molecule is CCNC(=NCC(=O)Nc1ccc(F)c(F)c1F)N1CCN(Cc2ccon2)CC1.I. The minimum absolute atomic E-state index is 0. The molecule has 1 aliphatic heterocycles. The standard InChI is InChI=1S/C19H23F3N6O2.HI/c1-2-23-19(28-8-6-27(7-9-28)12-13-5-10-30-26-13)24-11-16(29)25-15-4-3-14(20)17(21)18(15)22;/h3-5,10H,2,6-9,11-12H2,1H3,(H,23,24)(H,25,29);1H. The van der Waals surface area contributed by atoms with E-state index in [1.54, 1.807) is 6.26 Å². The Morgan fingerprint density at radius 3 is 2.55 bits per heavy atom. The second-order valence-corrected chi connectivity index (χ2v) is 6.70. The predicted molar refractivity (Wildman–Crippen MR) is 120 cm³/mol. The Hall–Kier alpha value is -2.35. The summed E-state index contributed by atoms with van der Waals surface area (Å²) in [6.45, 7) is 5.88. The van der Waals surface area contributed by atoms with E-state index in [4.69, 9.17) is 4.52 Å². The fourth-order valence-corrected chi connectivity index (χ4v) is 3.05. The lowest BCUT2D eigenvalue weighted by molar-refractivity contribution is -0.114. The van der Waals surface area contributed by atoms with Crippen LogP contribution >= 0.6 is 24.0 Å². The minimum atomic E-state index is -1.63. The van der Waals surface area contributed by atoms with Crippen LogP contribution in [0.3, 0.4) is 0 Å². The van der Waals surface area contributed by atoms with E-state index in [0.29, 0.717) is 32.1 Å². The highest BCUT2D eigenvalue weighted by Gasteiger charge is 2.21. The van der Waals surface area contributed by atoms with Gasteiger partial charge in [-0.25, -0.2) is 18.2 Å². The van der Waals surface area contributed by atoms with Gasteiger partial charge < -0.3 is 20.1 Å². The number of aliphatic imine (C=N–C) groups is 1. The van der Waals surface area contributed by atoms with Gasteiger partial charge in [-0.05, 0) is 19.1 Å². The van der Waals surface area contributed by atoms with Crippen LogP contribution in [0.1, 0.15) is 12.6 Å². The maximum Gasteiger partial charge on any atom is 0.246 e. The van der Waals surface area contributed by atoms with Crippen molar-refractivity contribution in [3.63, 3.8) is 0 Å². The molecule has 0 unspecified atom stereocenters. The number of anilines is 1. The van der Waals surface area contributed by atoms with Gasteiger partial charge in [0, 0.05) is 45.3 Å². The first kappa shape index (κ1) is 24.9. The first-order chi connectivity index (χ1) is 14.5. The number of guanidine groups is 1. The molecule has 1 saturated heterocycles. The molecule has 2 aromatic rings. The number of piperazine rings is 1. The first-order valence-corrected chi connectivity index (χ1v) is 9.56. The second kappa shape index (κ2) is 11.9. The number of nitrogens with zero attached hydrogens (tertiary/aromatic N) is 4. The third kappa shape index (κ3) is 6.82. The Morgan fingerprint density at radius 1 is 1.16 bits per heavy atom. The predicted octanol–water partition coefficient (Wildman–Crippen LogP) is 2.43. The molecule has 0 atom stereocenters. The van der Waals surface area contributed by atoms with E-state index < -0.39 is 29.0 Å². The Labute approximate surface area is 194 Å². The average molecular weight is 552 g/mol. The zero-order chi connectivity index (χ0) is 21.5. The molecule has 0 radical (unpaired) electrons. The molecule has 0 spiro atoms. The highest BCUT2D eigenvalue weighted by Crippen LogP contribution is 2.19. The van der Waals surface area contributed by atoms with E-state index in [1.807, 2.05) is 17.9 Å². The van der Waals surface area contributed by atoms with Gasteiger partial charge in [-0.2, -0.15) is 0 Å². The lowest BCUT2D eigenvalue weighted by Gasteiger charge is -2.36. The van der Waals surface area contributed by atoms with E-state index in [0.717, 1.165) is 30.9 Å². The number of hydrogen-bond acceptors (Lipinski definition) is 5. The molecule has 3 rings (SSSR count). The molecule has 1 aromatic heterocycles. The summed E-state index contributed by atoms with van der Waals surface area (Å²) < 4.78 is 44.8. The van der Waals surface area contributed by atoms with Crippen LogP contribution < -0.4 is 10.6 Å². The lowest BCUT2D eigenvalue weighted by Crippen LogP contribution is -2.52. The second-order valence-electron chi connectivity index (χ2n) is 6.70. The number of carbonyl (C=O) groups excluding carboxylic acids is 1. The van der Waals surface area contributed by atoms with Gasteiger partial charge >= 0.3 is 0 Å². The fraction of sp³-hybridized carbons (Fsp3) is 0.421. The van der Waals surface area contributed by atoms with Crippen molar-refractivity contribution < 1.29 is 22.5 Å². The number of amides is 1. The van der Waals surface area contributed by atoms with E-state index in [-0.39, 0.29) is 30.5 Å². The molecule has 1 amide bonds.